The summed E-state index contributed by atoms with van der Waals surface area (Å²) < 4.78 is 16.1. The van der Waals surface area contributed by atoms with Crippen molar-refractivity contribution >= 4 is 17.6 Å². The number of hydrogen-bond acceptors (Lipinski definition) is 5. The van der Waals surface area contributed by atoms with Crippen LogP contribution >= 0.6 is 0 Å². The summed E-state index contributed by atoms with van der Waals surface area (Å²) in [6.07, 6.45) is 2.02. The van der Waals surface area contributed by atoms with Crippen LogP contribution in [0.1, 0.15) is 47.7 Å². The van der Waals surface area contributed by atoms with Gasteiger partial charge in [0, 0.05) is 18.9 Å². The molecule has 30 heavy (non-hydrogen) atoms. The summed E-state index contributed by atoms with van der Waals surface area (Å²) in [5, 5.41) is 3.01. The molecule has 1 aliphatic heterocycles. The summed E-state index contributed by atoms with van der Waals surface area (Å²) >= 11 is 0. The van der Waals surface area contributed by atoms with Crippen molar-refractivity contribution in [1.82, 2.24) is 0 Å². The van der Waals surface area contributed by atoms with Gasteiger partial charge in [-0.15, -0.1) is 0 Å². The molecule has 2 aromatic carbocycles. The molecule has 1 heterocycles. The lowest BCUT2D eigenvalue weighted by Gasteiger charge is -2.36. The molecule has 0 unspecified atom stereocenters. The predicted octanol–water partition coefficient (Wildman–Crippen LogP) is 4.26. The van der Waals surface area contributed by atoms with Gasteiger partial charge in [-0.25, -0.2) is 4.79 Å². The van der Waals surface area contributed by atoms with Crippen LogP contribution in [0.2, 0.25) is 0 Å². The average molecular weight is 411 g/mol. The summed E-state index contributed by atoms with van der Waals surface area (Å²) in [5.41, 5.74) is 2.27. The fourth-order valence-electron chi connectivity index (χ4n) is 3.71. The molecule has 1 fully saturated rings. The number of amides is 1. The zero-order chi connectivity index (χ0) is 21.6. The smallest absolute Gasteiger partial charge is 0.341 e. The van der Waals surface area contributed by atoms with Crippen molar-refractivity contribution in [3.63, 3.8) is 0 Å². The van der Waals surface area contributed by atoms with Gasteiger partial charge in [0.15, 0.2) is 0 Å². The van der Waals surface area contributed by atoms with Crippen molar-refractivity contribution in [2.75, 3.05) is 32.2 Å². The topological polar surface area (TPSA) is 73.9 Å². The molecule has 0 aromatic heterocycles. The van der Waals surface area contributed by atoms with Crippen LogP contribution in [0.3, 0.4) is 0 Å². The van der Waals surface area contributed by atoms with Crippen LogP contribution in [-0.4, -0.2) is 38.8 Å². The molecular formula is C24H29NO5. The summed E-state index contributed by atoms with van der Waals surface area (Å²) in [6, 6.07) is 13.1. The highest BCUT2D eigenvalue weighted by Gasteiger charge is 2.41. The second-order valence-corrected chi connectivity index (χ2v) is 7.57. The number of nitrogens with one attached hydrogen (secondary N) is 1. The van der Waals surface area contributed by atoms with Crippen LogP contribution in [0.15, 0.2) is 42.5 Å². The van der Waals surface area contributed by atoms with Gasteiger partial charge in [-0.2, -0.15) is 0 Å². The molecule has 6 nitrogen and oxygen atoms in total. The largest absolute Gasteiger partial charge is 0.493 e. The lowest BCUT2D eigenvalue weighted by atomic mass is 9.73. The van der Waals surface area contributed by atoms with Gasteiger partial charge < -0.3 is 19.5 Å². The van der Waals surface area contributed by atoms with E-state index in [0.717, 1.165) is 17.5 Å². The third-order valence-corrected chi connectivity index (χ3v) is 5.49. The molecule has 0 bridgehead atoms. The fourth-order valence-corrected chi connectivity index (χ4v) is 3.71. The second kappa shape index (κ2) is 9.76. The number of hydrogen-bond donors (Lipinski definition) is 1. The maximum atomic E-state index is 13.5. The van der Waals surface area contributed by atoms with E-state index in [1.807, 2.05) is 38.1 Å². The van der Waals surface area contributed by atoms with Gasteiger partial charge >= 0.3 is 5.97 Å². The Bertz CT molecular complexity index is 885. The maximum Gasteiger partial charge on any atom is 0.341 e. The van der Waals surface area contributed by atoms with Gasteiger partial charge in [-0.1, -0.05) is 36.8 Å². The number of rotatable bonds is 7. The molecule has 2 aromatic rings. The van der Waals surface area contributed by atoms with Crippen LogP contribution in [-0.2, 0) is 19.7 Å². The van der Waals surface area contributed by atoms with Crippen LogP contribution in [0.4, 0.5) is 5.69 Å². The van der Waals surface area contributed by atoms with E-state index in [9.17, 15) is 9.59 Å². The quantitative estimate of drug-likeness (QED) is 0.689. The Labute approximate surface area is 177 Å². The van der Waals surface area contributed by atoms with Crippen LogP contribution in [0.5, 0.6) is 5.75 Å². The minimum absolute atomic E-state index is 0.104. The van der Waals surface area contributed by atoms with E-state index in [4.69, 9.17) is 14.2 Å². The monoisotopic (exact) mass is 411 g/mol. The Morgan fingerprint density at radius 1 is 1.10 bits per heavy atom. The Morgan fingerprint density at radius 3 is 2.43 bits per heavy atom. The summed E-state index contributed by atoms with van der Waals surface area (Å²) in [7, 11) is 1.33. The van der Waals surface area contributed by atoms with Crippen molar-refractivity contribution in [1.29, 1.82) is 0 Å². The molecule has 0 saturated carbocycles. The molecule has 3 rings (SSSR count). The van der Waals surface area contributed by atoms with E-state index in [1.54, 1.807) is 18.2 Å². The number of benzene rings is 2. The van der Waals surface area contributed by atoms with E-state index in [2.05, 4.69) is 5.32 Å². The molecule has 160 valence electrons. The normalized spacial score (nSPS) is 15.3. The molecule has 0 spiro atoms. The molecule has 0 aliphatic carbocycles. The fraction of sp³-hybridized carbons (Fsp3) is 0.417. The van der Waals surface area contributed by atoms with E-state index in [0.29, 0.717) is 49.7 Å². The molecule has 1 aliphatic rings. The van der Waals surface area contributed by atoms with Crippen molar-refractivity contribution in [2.24, 2.45) is 0 Å². The first-order valence-corrected chi connectivity index (χ1v) is 10.3. The number of anilines is 1. The molecule has 0 atom stereocenters. The third-order valence-electron chi connectivity index (χ3n) is 5.49. The van der Waals surface area contributed by atoms with E-state index in [-0.39, 0.29) is 5.91 Å². The Hall–Kier alpha value is -2.86. The number of methoxy groups -OCH3 is 1. The van der Waals surface area contributed by atoms with Crippen molar-refractivity contribution in [3.05, 3.63) is 59.2 Å². The van der Waals surface area contributed by atoms with Gasteiger partial charge in [0.25, 0.3) is 0 Å². The SMILES string of the molecule is CCCOc1ccc(NC(=O)C2(c3ccc(C)cc3)CCOCC2)cc1C(=O)OC. The minimum atomic E-state index is -0.672. The highest BCUT2D eigenvalue weighted by molar-refractivity contribution is 6.01. The Kier molecular flexibility index (Phi) is 7.11. The van der Waals surface area contributed by atoms with Crippen molar-refractivity contribution < 1.29 is 23.8 Å². The number of carbonyl (C=O) groups excluding carboxylic acids is 2. The van der Waals surface area contributed by atoms with Gasteiger partial charge in [0.2, 0.25) is 5.91 Å². The van der Waals surface area contributed by atoms with Gasteiger partial charge in [-0.05, 0) is 49.9 Å². The van der Waals surface area contributed by atoms with Gasteiger partial charge in [0.05, 0.1) is 19.1 Å². The van der Waals surface area contributed by atoms with Gasteiger partial charge in [0.1, 0.15) is 11.3 Å². The maximum absolute atomic E-state index is 13.5. The Morgan fingerprint density at radius 2 is 1.80 bits per heavy atom. The second-order valence-electron chi connectivity index (χ2n) is 7.57. The number of esters is 1. The zero-order valence-corrected chi connectivity index (χ0v) is 17.8. The molecule has 1 amide bonds. The van der Waals surface area contributed by atoms with Crippen LogP contribution in [0, 0.1) is 6.92 Å². The summed E-state index contributed by atoms with van der Waals surface area (Å²) in [6.45, 7) is 5.56. The minimum Gasteiger partial charge on any atom is -0.493 e. The molecule has 0 radical (unpaired) electrons. The number of ether oxygens (including phenoxy) is 3. The van der Waals surface area contributed by atoms with Crippen molar-refractivity contribution in [2.45, 2.75) is 38.5 Å². The van der Waals surface area contributed by atoms with Gasteiger partial charge in [-0.3, -0.25) is 4.79 Å². The first-order valence-electron chi connectivity index (χ1n) is 10.3. The van der Waals surface area contributed by atoms with E-state index < -0.39 is 11.4 Å². The Balaban J connectivity index is 1.90. The molecule has 6 heteroatoms. The average Bonchev–Trinajstić information content (AvgIpc) is 2.78. The standard InChI is InChI=1S/C24H29NO5/c1-4-13-30-21-10-9-19(16-20(21)22(26)28-3)25-23(27)24(11-14-29-15-12-24)18-7-5-17(2)6-8-18/h5-10,16H,4,11-15H2,1-3H3,(H,25,27). The van der Waals surface area contributed by atoms with Crippen molar-refractivity contribution in [3.8, 4) is 5.75 Å². The predicted molar refractivity (Wildman–Crippen MR) is 115 cm³/mol. The van der Waals surface area contributed by atoms with Crippen LogP contribution in [0.25, 0.3) is 0 Å². The molecular weight excluding hydrogens is 382 g/mol. The number of carbonyl (C=O) groups is 2. The summed E-state index contributed by atoms with van der Waals surface area (Å²) in [5.74, 6) is -0.162. The lowest BCUT2D eigenvalue weighted by molar-refractivity contribution is -0.125. The molecule has 1 N–H and O–H groups in total. The van der Waals surface area contributed by atoms with Crippen LogP contribution < -0.4 is 10.1 Å². The first kappa shape index (κ1) is 21.8. The zero-order valence-electron chi connectivity index (χ0n) is 17.8. The first-order chi connectivity index (χ1) is 14.5. The number of aryl methyl sites for hydroxylation is 1. The summed E-state index contributed by atoms with van der Waals surface area (Å²) in [4.78, 5) is 25.7. The highest BCUT2D eigenvalue weighted by Crippen LogP contribution is 2.37. The van der Waals surface area contributed by atoms with E-state index >= 15 is 0 Å². The lowest BCUT2D eigenvalue weighted by Crippen LogP contribution is -2.44. The molecule has 1 saturated heterocycles. The van der Waals surface area contributed by atoms with E-state index in [1.165, 1.54) is 7.11 Å². The highest BCUT2D eigenvalue weighted by atomic mass is 16.5. The third kappa shape index (κ3) is 4.65.